The van der Waals surface area contributed by atoms with Gasteiger partial charge < -0.3 is 14.7 Å². The monoisotopic (exact) mass is 311 g/mol. The van der Waals surface area contributed by atoms with Crippen molar-refractivity contribution in [3.8, 4) is 0 Å². The van der Waals surface area contributed by atoms with Crippen molar-refractivity contribution in [3.63, 3.8) is 0 Å². The number of benzene rings is 2. The Morgan fingerprint density at radius 3 is 2.13 bits per heavy atom. The van der Waals surface area contributed by atoms with Gasteiger partial charge in [0.15, 0.2) is 6.10 Å². The highest BCUT2D eigenvalue weighted by Crippen LogP contribution is 2.37. The van der Waals surface area contributed by atoms with Crippen LogP contribution in [0.1, 0.15) is 28.9 Å². The van der Waals surface area contributed by atoms with Crippen molar-refractivity contribution >= 4 is 11.9 Å². The first-order valence-corrected chi connectivity index (χ1v) is 7.40. The molecule has 5 nitrogen and oxygen atoms in total. The number of carboxylic acids is 1. The molecule has 2 aromatic rings. The van der Waals surface area contributed by atoms with E-state index in [0.717, 1.165) is 5.56 Å². The van der Waals surface area contributed by atoms with Gasteiger partial charge in [-0.1, -0.05) is 48.5 Å². The van der Waals surface area contributed by atoms with Gasteiger partial charge in [0.2, 0.25) is 0 Å². The molecule has 0 radical (unpaired) electrons. The van der Waals surface area contributed by atoms with Gasteiger partial charge in [0, 0.05) is 5.56 Å². The van der Waals surface area contributed by atoms with Crippen molar-refractivity contribution in [1.29, 1.82) is 0 Å². The van der Waals surface area contributed by atoms with Gasteiger partial charge in [-0.2, -0.15) is 0 Å². The molecule has 5 heteroatoms. The van der Waals surface area contributed by atoms with Crippen LogP contribution in [-0.2, 0) is 9.53 Å². The first kappa shape index (κ1) is 15.2. The molecule has 2 unspecified atom stereocenters. The predicted octanol–water partition coefficient (Wildman–Crippen LogP) is 2.70. The quantitative estimate of drug-likeness (QED) is 0.946. The molecule has 118 valence electrons. The highest BCUT2D eigenvalue weighted by molar-refractivity contribution is 5.95. The Bertz CT molecular complexity index is 701. The Morgan fingerprint density at radius 2 is 1.57 bits per heavy atom. The van der Waals surface area contributed by atoms with Crippen molar-refractivity contribution in [2.24, 2.45) is 0 Å². The summed E-state index contributed by atoms with van der Waals surface area (Å²) in [6.07, 6.45) is -1.70. The summed E-state index contributed by atoms with van der Waals surface area (Å²) in [6.45, 7) is 1.69. The van der Waals surface area contributed by atoms with E-state index in [2.05, 4.69) is 0 Å². The molecule has 1 fully saturated rings. The molecule has 3 atom stereocenters. The van der Waals surface area contributed by atoms with Crippen molar-refractivity contribution in [2.45, 2.75) is 25.3 Å². The van der Waals surface area contributed by atoms with Crippen LogP contribution in [0.2, 0.25) is 0 Å². The molecule has 23 heavy (non-hydrogen) atoms. The lowest BCUT2D eigenvalue weighted by molar-refractivity contribution is -0.149. The van der Waals surface area contributed by atoms with Gasteiger partial charge in [-0.15, -0.1) is 0 Å². The van der Waals surface area contributed by atoms with Gasteiger partial charge >= 0.3 is 5.97 Å². The topological polar surface area (TPSA) is 66.8 Å². The Hall–Kier alpha value is -2.66. The molecule has 1 amide bonds. The molecule has 0 aliphatic carbocycles. The van der Waals surface area contributed by atoms with Crippen LogP contribution in [0.3, 0.4) is 0 Å². The minimum absolute atomic E-state index is 0.240. The number of amides is 1. The summed E-state index contributed by atoms with van der Waals surface area (Å²) < 4.78 is 5.55. The molecule has 1 saturated heterocycles. The Labute approximate surface area is 134 Å². The standard InChI is InChI=1S/C18H17NO4/c1-12-19(17(20)14-10-6-3-7-11-14)15(16(23-12)18(21)22)13-8-4-2-5-9-13/h2-12,15-16H,1H3,(H,21,22)/t12?,15-,16?/m0/s1. The minimum atomic E-state index is -1.08. The molecule has 1 heterocycles. The lowest BCUT2D eigenvalue weighted by Crippen LogP contribution is -2.38. The van der Waals surface area contributed by atoms with E-state index in [1.165, 1.54) is 4.90 Å². The van der Waals surface area contributed by atoms with Crippen LogP contribution in [0.15, 0.2) is 60.7 Å². The molecule has 0 spiro atoms. The fraction of sp³-hybridized carbons (Fsp3) is 0.222. The van der Waals surface area contributed by atoms with Gasteiger partial charge in [-0.25, -0.2) is 4.79 Å². The number of carbonyl (C=O) groups is 2. The maximum absolute atomic E-state index is 12.9. The van der Waals surface area contributed by atoms with Gasteiger partial charge in [-0.3, -0.25) is 4.79 Å². The third-order valence-electron chi connectivity index (χ3n) is 3.96. The lowest BCUT2D eigenvalue weighted by Gasteiger charge is -2.27. The van der Waals surface area contributed by atoms with Crippen LogP contribution in [0, 0.1) is 0 Å². The van der Waals surface area contributed by atoms with Gasteiger partial charge in [0.05, 0.1) is 6.04 Å². The third kappa shape index (κ3) is 2.83. The van der Waals surface area contributed by atoms with E-state index in [-0.39, 0.29) is 5.91 Å². The molecule has 1 N–H and O–H groups in total. The maximum atomic E-state index is 12.9. The van der Waals surface area contributed by atoms with E-state index >= 15 is 0 Å². The summed E-state index contributed by atoms with van der Waals surface area (Å²) in [5, 5.41) is 9.47. The molecule has 0 aromatic heterocycles. The van der Waals surface area contributed by atoms with Crippen LogP contribution in [0.5, 0.6) is 0 Å². The highest BCUT2D eigenvalue weighted by atomic mass is 16.5. The average Bonchev–Trinajstić information content (AvgIpc) is 2.93. The average molecular weight is 311 g/mol. The first-order valence-electron chi connectivity index (χ1n) is 7.40. The molecule has 1 aliphatic rings. The summed E-state index contributed by atoms with van der Waals surface area (Å²) in [6, 6.07) is 17.3. The summed E-state index contributed by atoms with van der Waals surface area (Å²) in [5.41, 5.74) is 1.25. The fourth-order valence-electron chi connectivity index (χ4n) is 2.92. The van der Waals surface area contributed by atoms with Crippen molar-refractivity contribution in [3.05, 3.63) is 71.8 Å². The van der Waals surface area contributed by atoms with Crippen LogP contribution >= 0.6 is 0 Å². The molecule has 0 bridgehead atoms. The fourth-order valence-corrected chi connectivity index (χ4v) is 2.92. The zero-order valence-electron chi connectivity index (χ0n) is 12.6. The third-order valence-corrected chi connectivity index (χ3v) is 3.96. The molecule has 0 saturated carbocycles. The molecule has 3 rings (SSSR count). The van der Waals surface area contributed by atoms with Gasteiger partial charge in [0.25, 0.3) is 5.91 Å². The van der Waals surface area contributed by atoms with E-state index in [4.69, 9.17) is 4.74 Å². The SMILES string of the molecule is CC1OC(C(=O)O)[C@H](c2ccccc2)N1C(=O)c1ccccc1. The predicted molar refractivity (Wildman–Crippen MR) is 83.8 cm³/mol. The lowest BCUT2D eigenvalue weighted by atomic mass is 10.00. The number of carbonyl (C=O) groups excluding carboxylic acids is 1. The van der Waals surface area contributed by atoms with Crippen molar-refractivity contribution < 1.29 is 19.4 Å². The molecule has 2 aromatic carbocycles. The Morgan fingerprint density at radius 1 is 1.00 bits per heavy atom. The van der Waals surface area contributed by atoms with Crippen LogP contribution < -0.4 is 0 Å². The van der Waals surface area contributed by atoms with E-state index in [1.54, 1.807) is 31.2 Å². The zero-order valence-corrected chi connectivity index (χ0v) is 12.6. The maximum Gasteiger partial charge on any atom is 0.335 e. The number of carboxylic acid groups (broad SMARTS) is 1. The largest absolute Gasteiger partial charge is 0.479 e. The highest BCUT2D eigenvalue weighted by Gasteiger charge is 2.47. The summed E-state index contributed by atoms with van der Waals surface area (Å²) in [4.78, 5) is 25.9. The number of rotatable bonds is 3. The smallest absolute Gasteiger partial charge is 0.335 e. The number of nitrogens with zero attached hydrogens (tertiary/aromatic N) is 1. The zero-order chi connectivity index (χ0) is 16.4. The number of ether oxygens (including phenoxy) is 1. The minimum Gasteiger partial charge on any atom is -0.479 e. The first-order chi connectivity index (χ1) is 11.1. The molecule has 1 aliphatic heterocycles. The van der Waals surface area contributed by atoms with E-state index in [1.807, 2.05) is 36.4 Å². The van der Waals surface area contributed by atoms with Gasteiger partial charge in [0.1, 0.15) is 6.23 Å². The van der Waals surface area contributed by atoms with Crippen LogP contribution in [-0.4, -0.2) is 34.2 Å². The van der Waals surface area contributed by atoms with Crippen molar-refractivity contribution in [2.75, 3.05) is 0 Å². The Kier molecular flexibility index (Phi) is 4.12. The normalized spacial score (nSPS) is 23.7. The van der Waals surface area contributed by atoms with Crippen molar-refractivity contribution in [1.82, 2.24) is 4.90 Å². The van der Waals surface area contributed by atoms with Gasteiger partial charge in [-0.05, 0) is 24.6 Å². The van der Waals surface area contributed by atoms with Crippen LogP contribution in [0.4, 0.5) is 0 Å². The van der Waals surface area contributed by atoms with E-state index in [9.17, 15) is 14.7 Å². The van der Waals surface area contributed by atoms with E-state index < -0.39 is 24.3 Å². The van der Waals surface area contributed by atoms with Crippen LogP contribution in [0.25, 0.3) is 0 Å². The second-order valence-corrected chi connectivity index (χ2v) is 5.43. The number of aliphatic carboxylic acids is 1. The summed E-state index contributed by atoms with van der Waals surface area (Å²) in [7, 11) is 0. The number of hydrogen-bond donors (Lipinski definition) is 1. The molecular weight excluding hydrogens is 294 g/mol. The second kappa shape index (κ2) is 6.22. The molecular formula is C18H17NO4. The second-order valence-electron chi connectivity index (χ2n) is 5.43. The Balaban J connectivity index is 2.02. The number of hydrogen-bond acceptors (Lipinski definition) is 3. The summed E-state index contributed by atoms with van der Waals surface area (Å²) in [5.74, 6) is -1.32. The van der Waals surface area contributed by atoms with E-state index in [0.29, 0.717) is 5.56 Å². The summed E-state index contributed by atoms with van der Waals surface area (Å²) >= 11 is 0.